The van der Waals surface area contributed by atoms with Crippen LogP contribution in [0.4, 0.5) is 0 Å². The molecule has 0 radical (unpaired) electrons. The lowest BCUT2D eigenvalue weighted by atomic mass is 9.58. The first-order valence-corrected chi connectivity index (χ1v) is 14.6. The molecule has 11 heteroatoms. The average Bonchev–Trinajstić information content (AvgIpc) is 3.39. The van der Waals surface area contributed by atoms with Crippen molar-refractivity contribution in [2.75, 3.05) is 27.2 Å². The highest BCUT2D eigenvalue weighted by Gasteiger charge is 2.63. The van der Waals surface area contributed by atoms with Gasteiger partial charge in [0, 0.05) is 17.1 Å². The van der Waals surface area contributed by atoms with E-state index in [-0.39, 0.29) is 29.7 Å². The van der Waals surface area contributed by atoms with Crippen molar-refractivity contribution in [1.82, 2.24) is 9.80 Å². The predicted molar refractivity (Wildman–Crippen MR) is 155 cm³/mol. The summed E-state index contributed by atoms with van der Waals surface area (Å²) in [5.41, 5.74) is 3.82. The van der Waals surface area contributed by atoms with Gasteiger partial charge >= 0.3 is 0 Å². The molecule has 0 bridgehead atoms. The van der Waals surface area contributed by atoms with E-state index in [4.69, 9.17) is 10.2 Å². The summed E-state index contributed by atoms with van der Waals surface area (Å²) in [6.07, 6.45) is 4.07. The summed E-state index contributed by atoms with van der Waals surface area (Å²) in [5, 5.41) is 45.2. The number of likely N-dealkylation sites (tertiary alicyclic amines) is 1. The van der Waals surface area contributed by atoms with Gasteiger partial charge in [0.2, 0.25) is 5.78 Å². The van der Waals surface area contributed by atoms with E-state index in [1.54, 1.807) is 26.4 Å². The number of nitrogens with two attached hydrogens (primary N) is 1. The number of benzene rings is 1. The Bertz CT molecular complexity index is 1600. The van der Waals surface area contributed by atoms with Crippen molar-refractivity contribution in [3.05, 3.63) is 64.0 Å². The minimum atomic E-state index is -2.67. The Morgan fingerprint density at radius 3 is 2.47 bits per heavy atom. The number of carbonyl (C=O) groups excluding carboxylic acids is 3. The highest BCUT2D eigenvalue weighted by Crippen LogP contribution is 2.53. The summed E-state index contributed by atoms with van der Waals surface area (Å²) in [7, 11) is 3.21. The quantitative estimate of drug-likeness (QED) is 0.325. The van der Waals surface area contributed by atoms with Crippen LogP contribution in [-0.4, -0.2) is 86.5 Å². The number of hydrogen-bond donors (Lipinski definition) is 5. The van der Waals surface area contributed by atoms with Gasteiger partial charge in [-0.15, -0.1) is 0 Å². The van der Waals surface area contributed by atoms with Crippen molar-refractivity contribution in [2.45, 2.75) is 50.8 Å². The van der Waals surface area contributed by atoms with Crippen LogP contribution in [0.5, 0.6) is 5.75 Å². The Labute approximate surface area is 248 Å². The number of phenols is 1. The summed E-state index contributed by atoms with van der Waals surface area (Å²) < 4.78 is 5.91. The lowest BCUT2D eigenvalue weighted by Crippen LogP contribution is -2.63. The highest BCUT2D eigenvalue weighted by molar-refractivity contribution is 6.24. The van der Waals surface area contributed by atoms with Crippen molar-refractivity contribution < 1.29 is 39.2 Å². The number of carbonyl (C=O) groups is 3. The van der Waals surface area contributed by atoms with E-state index in [2.05, 4.69) is 11.8 Å². The van der Waals surface area contributed by atoms with Crippen LogP contribution in [0.2, 0.25) is 0 Å². The van der Waals surface area contributed by atoms with Gasteiger partial charge in [0.05, 0.1) is 24.4 Å². The maximum Gasteiger partial charge on any atom is 0.255 e. The monoisotopic (exact) mass is 591 g/mol. The van der Waals surface area contributed by atoms with E-state index in [1.165, 1.54) is 11.0 Å². The van der Waals surface area contributed by atoms with Crippen molar-refractivity contribution in [3.8, 4) is 16.9 Å². The van der Waals surface area contributed by atoms with Crippen LogP contribution in [0.3, 0.4) is 0 Å². The fourth-order valence-electron chi connectivity index (χ4n) is 7.63. The van der Waals surface area contributed by atoms with Crippen LogP contribution in [0.1, 0.15) is 47.9 Å². The molecular weight excluding hydrogens is 554 g/mol. The first kappa shape index (κ1) is 29.2. The number of nitrogens with zero attached hydrogens (tertiary/aromatic N) is 2. The number of primary amides is 1. The highest BCUT2D eigenvalue weighted by atomic mass is 16.3. The zero-order valence-corrected chi connectivity index (χ0v) is 24.5. The number of likely N-dealkylation sites (N-methyl/N-ethyl adjacent to an activating group) is 1. The number of phenolic OH excluding ortho intramolecular Hbond substituents is 1. The van der Waals surface area contributed by atoms with Gasteiger partial charge in [0.15, 0.2) is 11.4 Å². The molecule has 2 heterocycles. The zero-order chi connectivity index (χ0) is 31.0. The summed E-state index contributed by atoms with van der Waals surface area (Å²) in [5.74, 6) is -5.27. The van der Waals surface area contributed by atoms with E-state index in [0.717, 1.165) is 42.8 Å². The fourth-order valence-corrected chi connectivity index (χ4v) is 7.63. The second-order valence-electron chi connectivity index (χ2n) is 12.7. The molecule has 3 aliphatic carbocycles. The van der Waals surface area contributed by atoms with Crippen molar-refractivity contribution in [1.29, 1.82) is 0 Å². The summed E-state index contributed by atoms with van der Waals surface area (Å²) in [4.78, 5) is 43.6. The largest absolute Gasteiger partial charge is 0.510 e. The molecular formula is C32H37N3O8. The van der Waals surface area contributed by atoms with Crippen LogP contribution in [0.25, 0.3) is 11.1 Å². The number of aliphatic hydroxyl groups excluding tert-OH is 2. The summed E-state index contributed by atoms with van der Waals surface area (Å²) in [6, 6.07) is 3.98. The number of piperidine rings is 1. The molecule has 43 heavy (non-hydrogen) atoms. The third-order valence-corrected chi connectivity index (χ3v) is 9.89. The lowest BCUT2D eigenvalue weighted by Gasteiger charge is -2.50. The van der Waals surface area contributed by atoms with Gasteiger partial charge in [-0.1, -0.05) is 13.0 Å². The van der Waals surface area contributed by atoms with Gasteiger partial charge in [-0.25, -0.2) is 0 Å². The molecule has 1 aromatic carbocycles. The minimum absolute atomic E-state index is 0.0165. The molecule has 228 valence electrons. The van der Waals surface area contributed by atoms with Crippen LogP contribution in [-0.2, 0) is 22.6 Å². The second kappa shape index (κ2) is 10.4. The van der Waals surface area contributed by atoms with E-state index >= 15 is 0 Å². The number of fused-ring (bicyclic) bond motifs is 3. The second-order valence-corrected chi connectivity index (χ2v) is 12.7. The Kier molecular flexibility index (Phi) is 7.02. The number of Topliss-reactive ketones (excluding diaryl/α,β-unsaturated/α-hetero) is 2. The molecule has 1 saturated heterocycles. The van der Waals surface area contributed by atoms with Gasteiger partial charge in [0.1, 0.15) is 28.6 Å². The first-order valence-electron chi connectivity index (χ1n) is 14.6. The average molecular weight is 592 g/mol. The SMILES string of the molecule is CC1CCN(Cc2occc2-c2ccc(O)c3c2C[C@H]2C[C@H]4[C@H](N(C)C)C(O)=C(C(N)=O)C(=O)[C@@]4(O)C(O)=C2C3=O)CC1. The Morgan fingerprint density at radius 1 is 1.12 bits per heavy atom. The minimum Gasteiger partial charge on any atom is -0.510 e. The van der Waals surface area contributed by atoms with Gasteiger partial charge in [-0.3, -0.25) is 24.2 Å². The molecule has 1 aromatic heterocycles. The number of aromatic hydroxyl groups is 1. The molecule has 4 aliphatic rings. The smallest absolute Gasteiger partial charge is 0.255 e. The summed E-state index contributed by atoms with van der Waals surface area (Å²) >= 11 is 0. The molecule has 0 saturated carbocycles. The Balaban J connectivity index is 1.45. The molecule has 11 nitrogen and oxygen atoms in total. The van der Waals surface area contributed by atoms with E-state index < -0.39 is 58.0 Å². The summed E-state index contributed by atoms with van der Waals surface area (Å²) in [6.45, 7) is 4.76. The molecule has 0 spiro atoms. The number of hydrogen-bond acceptors (Lipinski definition) is 10. The number of ketones is 2. The normalized spacial score (nSPS) is 28.3. The molecule has 6 N–H and O–H groups in total. The van der Waals surface area contributed by atoms with Crippen LogP contribution in [0.15, 0.2) is 51.5 Å². The lowest BCUT2D eigenvalue weighted by molar-refractivity contribution is -0.148. The molecule has 2 aromatic rings. The van der Waals surface area contributed by atoms with Crippen molar-refractivity contribution in [3.63, 3.8) is 0 Å². The predicted octanol–water partition coefficient (Wildman–Crippen LogP) is 2.61. The molecule has 0 unspecified atom stereocenters. The Hall–Kier alpha value is -3.93. The van der Waals surface area contributed by atoms with Gasteiger partial charge in [-0.2, -0.15) is 0 Å². The maximum absolute atomic E-state index is 14.1. The van der Waals surface area contributed by atoms with Crippen LogP contribution in [0, 0.1) is 17.8 Å². The number of furan rings is 1. The van der Waals surface area contributed by atoms with Gasteiger partial charge in [0.25, 0.3) is 5.91 Å². The van der Waals surface area contributed by atoms with Crippen molar-refractivity contribution >= 4 is 17.5 Å². The molecule has 1 amide bonds. The van der Waals surface area contributed by atoms with E-state index in [9.17, 15) is 34.8 Å². The van der Waals surface area contributed by atoms with Crippen LogP contribution >= 0.6 is 0 Å². The number of amides is 1. The molecule has 1 aliphatic heterocycles. The van der Waals surface area contributed by atoms with Crippen LogP contribution < -0.4 is 5.73 Å². The first-order chi connectivity index (χ1) is 20.4. The number of aliphatic hydroxyl groups is 3. The maximum atomic E-state index is 14.1. The zero-order valence-electron chi connectivity index (χ0n) is 24.5. The fraction of sp³-hybridized carbons (Fsp3) is 0.469. The third kappa shape index (κ3) is 4.32. The Morgan fingerprint density at radius 2 is 1.81 bits per heavy atom. The third-order valence-electron chi connectivity index (χ3n) is 9.89. The van der Waals surface area contributed by atoms with Gasteiger partial charge in [-0.05, 0) is 88.0 Å². The molecule has 1 fully saturated rings. The van der Waals surface area contributed by atoms with E-state index in [0.29, 0.717) is 18.0 Å². The standard InChI is InChI=1S/C32H37N3O8/c1-15-6-9-35(10-7-15)14-22-18(8-11-43-22)17-4-5-21(36)24-19(17)12-16-13-20-26(34(2)3)28(38)25(31(33)41)30(40)32(20,42)29(39)23(16)27(24)37/h4-5,8,11,15-16,20,26,36,38-39,42H,6-7,9-10,12-14H2,1-3H3,(H2,33,41)/t16-,20-,26-,32-/m0/s1. The topological polar surface area (TPSA) is 178 Å². The molecule has 4 atom stereocenters. The van der Waals surface area contributed by atoms with Gasteiger partial charge < -0.3 is 30.6 Å². The molecule has 6 rings (SSSR count). The number of allylic oxidation sites excluding steroid dienone is 1. The van der Waals surface area contributed by atoms with Crippen molar-refractivity contribution in [2.24, 2.45) is 23.5 Å². The van der Waals surface area contributed by atoms with E-state index in [1.807, 2.05) is 6.07 Å². The number of rotatable bonds is 5.